The van der Waals surface area contributed by atoms with Gasteiger partial charge >= 0.3 is 0 Å². The lowest BCUT2D eigenvalue weighted by molar-refractivity contribution is 0.776. The van der Waals surface area contributed by atoms with Gasteiger partial charge in [-0.3, -0.25) is 0 Å². The molecule has 0 aromatic heterocycles. The van der Waals surface area contributed by atoms with E-state index in [1.54, 1.807) is 0 Å². The van der Waals surface area contributed by atoms with Crippen molar-refractivity contribution in [2.75, 3.05) is 0 Å². The lowest BCUT2D eigenvalue weighted by atomic mass is 9.84. The van der Waals surface area contributed by atoms with Crippen molar-refractivity contribution in [1.29, 1.82) is 0 Å². The topological polar surface area (TPSA) is 0 Å². The van der Waals surface area contributed by atoms with Crippen molar-refractivity contribution < 1.29 is 0 Å². The predicted octanol–water partition coefficient (Wildman–Crippen LogP) is 5.70. The third-order valence-electron chi connectivity index (χ3n) is 4.18. The van der Waals surface area contributed by atoms with E-state index >= 15 is 0 Å². The smallest absolute Gasteiger partial charge is 0.0127 e. The Morgan fingerprint density at radius 3 is 2.17 bits per heavy atom. The molecule has 0 fully saturated rings. The molecule has 2 aromatic rings. The van der Waals surface area contributed by atoms with Crippen LogP contribution in [0.5, 0.6) is 0 Å². The first-order valence-corrected chi connectivity index (χ1v) is 8.02. The van der Waals surface area contributed by atoms with Crippen LogP contribution in [0.15, 0.2) is 73.3 Å². The molecule has 0 aliphatic heterocycles. The zero-order valence-electron chi connectivity index (χ0n) is 13.9. The highest BCUT2D eigenvalue weighted by Gasteiger charge is 2.15. The van der Waals surface area contributed by atoms with Crippen molar-refractivity contribution in [3.63, 3.8) is 0 Å². The summed E-state index contributed by atoms with van der Waals surface area (Å²) in [4.78, 5) is 0. The van der Waals surface area contributed by atoms with E-state index in [0.717, 1.165) is 30.4 Å². The Kier molecular flexibility index (Phi) is 6.01. The Labute approximate surface area is 140 Å². The van der Waals surface area contributed by atoms with Gasteiger partial charge in [-0.2, -0.15) is 0 Å². The molecule has 1 atom stereocenters. The Morgan fingerprint density at radius 1 is 1.00 bits per heavy atom. The van der Waals surface area contributed by atoms with Gasteiger partial charge in [0.15, 0.2) is 0 Å². The van der Waals surface area contributed by atoms with Gasteiger partial charge in [0.05, 0.1) is 0 Å². The van der Waals surface area contributed by atoms with Crippen molar-refractivity contribution in [1.82, 2.24) is 0 Å². The highest BCUT2D eigenvalue weighted by Crippen LogP contribution is 2.30. The van der Waals surface area contributed by atoms with E-state index in [1.807, 2.05) is 6.07 Å². The van der Waals surface area contributed by atoms with Crippen LogP contribution < -0.4 is 0 Å². The molecule has 2 aromatic carbocycles. The largest absolute Gasteiger partial charge is 0.120 e. The van der Waals surface area contributed by atoms with Gasteiger partial charge in [-0.1, -0.05) is 73.3 Å². The van der Waals surface area contributed by atoms with Crippen LogP contribution in [0.4, 0.5) is 0 Å². The van der Waals surface area contributed by atoms with E-state index in [0.29, 0.717) is 0 Å². The molecule has 0 saturated carbocycles. The van der Waals surface area contributed by atoms with Crippen LogP contribution in [0.2, 0.25) is 0 Å². The number of hydrogen-bond acceptors (Lipinski definition) is 0. The van der Waals surface area contributed by atoms with Gasteiger partial charge in [0.25, 0.3) is 0 Å². The van der Waals surface area contributed by atoms with Crippen LogP contribution in [0, 0.1) is 18.3 Å². The quantitative estimate of drug-likeness (QED) is 0.454. The molecule has 0 radical (unpaired) electrons. The molecular weight excluding hydrogens is 276 g/mol. The second-order valence-corrected chi connectivity index (χ2v) is 6.01. The van der Waals surface area contributed by atoms with E-state index in [4.69, 9.17) is 6.42 Å². The van der Waals surface area contributed by atoms with Gasteiger partial charge in [-0.25, -0.2) is 0 Å². The molecule has 0 bridgehead atoms. The summed E-state index contributed by atoms with van der Waals surface area (Å²) in [5.74, 6) is 2.95. The summed E-state index contributed by atoms with van der Waals surface area (Å²) < 4.78 is 0. The first-order valence-electron chi connectivity index (χ1n) is 8.02. The van der Waals surface area contributed by atoms with Crippen molar-refractivity contribution in [3.05, 3.63) is 90.0 Å². The zero-order valence-corrected chi connectivity index (χ0v) is 13.9. The van der Waals surface area contributed by atoms with Gasteiger partial charge in [0.2, 0.25) is 0 Å². The lowest BCUT2D eigenvalue weighted by Crippen LogP contribution is -2.08. The number of benzene rings is 2. The number of aryl methyl sites for hydroxylation is 1. The average molecular weight is 300 g/mol. The maximum Gasteiger partial charge on any atom is 0.0127 e. The normalized spacial score (nSPS) is 11.5. The standard InChI is InChI=1S/C23H24/c1-5-6-10-20-13-15-21(16-14-20)17-23(18(2)3)19(4)22-11-8-7-9-12-22/h1,7-9,11-16,23H,2,4,6,10,17H2,3H3. The fourth-order valence-corrected chi connectivity index (χ4v) is 2.74. The summed E-state index contributed by atoms with van der Waals surface area (Å²) in [6.07, 6.45) is 7.99. The first-order chi connectivity index (χ1) is 11.1. The molecule has 2 rings (SSSR count). The Hall–Kier alpha value is -2.52. The minimum absolute atomic E-state index is 0.258. The molecule has 0 spiro atoms. The van der Waals surface area contributed by atoms with Crippen molar-refractivity contribution in [2.24, 2.45) is 5.92 Å². The third-order valence-corrected chi connectivity index (χ3v) is 4.18. The Balaban J connectivity index is 2.12. The van der Waals surface area contributed by atoms with E-state index in [9.17, 15) is 0 Å². The van der Waals surface area contributed by atoms with Crippen LogP contribution in [0.25, 0.3) is 5.57 Å². The summed E-state index contributed by atoms with van der Waals surface area (Å²) in [6, 6.07) is 19.1. The highest BCUT2D eigenvalue weighted by molar-refractivity contribution is 5.67. The molecule has 0 nitrogen and oxygen atoms in total. The molecule has 0 N–H and O–H groups in total. The van der Waals surface area contributed by atoms with Crippen molar-refractivity contribution in [2.45, 2.75) is 26.2 Å². The highest BCUT2D eigenvalue weighted by atomic mass is 14.2. The molecule has 23 heavy (non-hydrogen) atoms. The summed E-state index contributed by atoms with van der Waals surface area (Å²) in [7, 11) is 0. The maximum atomic E-state index is 5.32. The monoisotopic (exact) mass is 300 g/mol. The Bertz CT molecular complexity index is 696. The van der Waals surface area contributed by atoms with Crippen LogP contribution in [0.3, 0.4) is 0 Å². The molecular formula is C23H24. The molecule has 0 heteroatoms. The molecule has 0 aliphatic rings. The molecule has 0 aliphatic carbocycles. The van der Waals surface area contributed by atoms with Crippen LogP contribution in [0.1, 0.15) is 30.0 Å². The number of terminal acetylenes is 1. The molecule has 0 saturated heterocycles. The molecule has 0 amide bonds. The minimum Gasteiger partial charge on any atom is -0.120 e. The maximum absolute atomic E-state index is 5.32. The van der Waals surface area contributed by atoms with Gasteiger partial charge in [-0.05, 0) is 42.0 Å². The van der Waals surface area contributed by atoms with Crippen LogP contribution in [-0.4, -0.2) is 0 Å². The first kappa shape index (κ1) is 16.8. The molecule has 1 unspecified atom stereocenters. The summed E-state index contributed by atoms with van der Waals surface area (Å²) in [5, 5.41) is 0. The number of rotatable bonds is 7. The van der Waals surface area contributed by atoms with E-state index in [1.165, 1.54) is 16.7 Å². The van der Waals surface area contributed by atoms with Crippen molar-refractivity contribution in [3.8, 4) is 12.3 Å². The predicted molar refractivity (Wildman–Crippen MR) is 101 cm³/mol. The minimum atomic E-state index is 0.258. The zero-order chi connectivity index (χ0) is 16.7. The summed E-state index contributed by atoms with van der Waals surface area (Å²) in [5.41, 5.74) is 6.07. The van der Waals surface area contributed by atoms with Gasteiger partial charge in [0.1, 0.15) is 0 Å². The van der Waals surface area contributed by atoms with Gasteiger partial charge in [-0.15, -0.1) is 12.3 Å². The number of allylic oxidation sites excluding steroid dienone is 2. The fraction of sp³-hybridized carbons (Fsp3) is 0.217. The van der Waals surface area contributed by atoms with E-state index in [2.05, 4.69) is 74.5 Å². The second-order valence-electron chi connectivity index (χ2n) is 6.01. The average Bonchev–Trinajstić information content (AvgIpc) is 2.59. The van der Waals surface area contributed by atoms with E-state index in [-0.39, 0.29) is 5.92 Å². The number of hydrogen-bond donors (Lipinski definition) is 0. The lowest BCUT2D eigenvalue weighted by Gasteiger charge is -2.20. The van der Waals surface area contributed by atoms with Gasteiger partial charge < -0.3 is 0 Å². The molecule has 116 valence electrons. The summed E-state index contributed by atoms with van der Waals surface area (Å²) >= 11 is 0. The van der Waals surface area contributed by atoms with E-state index < -0.39 is 0 Å². The molecule has 0 heterocycles. The third kappa shape index (κ3) is 4.73. The van der Waals surface area contributed by atoms with Crippen LogP contribution >= 0.6 is 0 Å². The fourth-order valence-electron chi connectivity index (χ4n) is 2.74. The Morgan fingerprint density at radius 2 is 1.61 bits per heavy atom. The summed E-state index contributed by atoms with van der Waals surface area (Å²) in [6.45, 7) is 10.6. The second kappa shape index (κ2) is 8.20. The van der Waals surface area contributed by atoms with Crippen molar-refractivity contribution >= 4 is 5.57 Å². The SMILES string of the molecule is C#CCCc1ccc(CC(C(=C)C)C(=C)c2ccccc2)cc1. The van der Waals surface area contributed by atoms with Gasteiger partial charge in [0, 0.05) is 12.3 Å². The van der Waals surface area contributed by atoms with Crippen LogP contribution in [-0.2, 0) is 12.8 Å².